The highest BCUT2D eigenvalue weighted by Crippen LogP contribution is 2.43. The van der Waals surface area contributed by atoms with Crippen LogP contribution in [0.15, 0.2) is 163 Å². The number of aromatic nitrogens is 2. The van der Waals surface area contributed by atoms with Gasteiger partial charge in [-0.3, -0.25) is 0 Å². The van der Waals surface area contributed by atoms with Crippen molar-refractivity contribution in [3.8, 4) is 57.6 Å². The van der Waals surface area contributed by atoms with Crippen LogP contribution in [0.3, 0.4) is 0 Å². The zero-order valence-corrected chi connectivity index (χ0v) is 44.6. The fourth-order valence-electron chi connectivity index (χ4n) is 7.54. The summed E-state index contributed by atoms with van der Waals surface area (Å²) in [6.07, 6.45) is 0. The maximum Gasteiger partial charge on any atom is 0.338 e. The van der Waals surface area contributed by atoms with E-state index in [4.69, 9.17) is 46.0 Å². The Hall–Kier alpha value is -9.16. The quantitative estimate of drug-likeness (QED) is 0.0674. The van der Waals surface area contributed by atoms with Crippen molar-refractivity contribution in [3.63, 3.8) is 0 Å². The van der Waals surface area contributed by atoms with E-state index < -0.39 is 23.8 Å². The lowest BCUT2D eigenvalue weighted by Crippen LogP contribution is -2.27. The Labute approximate surface area is 460 Å². The molecule has 21 heteroatoms. The van der Waals surface area contributed by atoms with E-state index in [1.807, 2.05) is 35.0 Å². The Bertz CT molecular complexity index is 3300. The number of nitriles is 6. The van der Waals surface area contributed by atoms with Crippen molar-refractivity contribution in [1.82, 2.24) is 9.97 Å². The number of carbonyl (C=O) groups excluding carboxylic acids is 2. The number of thioether (sulfide) groups is 2. The van der Waals surface area contributed by atoms with Gasteiger partial charge in [0.05, 0.1) is 103 Å². The van der Waals surface area contributed by atoms with Crippen LogP contribution in [0.1, 0.15) is 66.0 Å². The predicted octanol–water partition coefficient (Wildman–Crippen LogP) is 9.94. The van der Waals surface area contributed by atoms with Crippen molar-refractivity contribution in [2.45, 2.75) is 42.7 Å². The Kier molecular flexibility index (Phi) is 20.7. The fourth-order valence-corrected chi connectivity index (χ4v) is 10.8. The normalized spacial score (nSPS) is 14.5. The molecule has 0 fully saturated rings. The number of esters is 2. The summed E-state index contributed by atoms with van der Waals surface area (Å²) in [4.78, 5) is 37.6. The van der Waals surface area contributed by atoms with Gasteiger partial charge in [-0.05, 0) is 103 Å². The molecule has 0 saturated carbocycles. The molecule has 0 amide bonds. The van der Waals surface area contributed by atoms with Crippen LogP contribution in [-0.4, -0.2) is 58.3 Å². The average Bonchev–Trinajstić information content (AvgIpc) is 4.21. The molecule has 77 heavy (non-hydrogen) atoms. The number of nitrogens with two attached hydrogens (primary N) is 2. The minimum absolute atomic E-state index is 0.0667. The van der Waals surface area contributed by atoms with Gasteiger partial charge in [0.2, 0.25) is 11.8 Å². The van der Waals surface area contributed by atoms with E-state index >= 15 is 0 Å². The number of ether oxygens (including phenoxy) is 4. The van der Waals surface area contributed by atoms with Gasteiger partial charge in [0.15, 0.2) is 0 Å². The van der Waals surface area contributed by atoms with Gasteiger partial charge < -0.3 is 35.5 Å². The third kappa shape index (κ3) is 13.8. The molecule has 2 aromatic carbocycles. The van der Waals surface area contributed by atoms with E-state index in [1.54, 1.807) is 93.6 Å². The third-order valence-electron chi connectivity index (χ3n) is 10.9. The Morgan fingerprint density at radius 1 is 0.584 bits per heavy atom. The monoisotopic (exact) mass is 1100 g/mol. The molecule has 2 aliphatic rings. The fraction of sp³-hybridized carbons (Fsp3) is 0.179. The molecule has 2 aliphatic heterocycles. The van der Waals surface area contributed by atoms with Gasteiger partial charge in [0.1, 0.15) is 57.0 Å². The highest BCUT2D eigenvalue weighted by Gasteiger charge is 2.39. The molecule has 0 spiro atoms. The summed E-state index contributed by atoms with van der Waals surface area (Å²) in [5.41, 5.74) is 16.9. The third-order valence-corrected chi connectivity index (χ3v) is 14.7. The first-order chi connectivity index (χ1) is 37.4. The lowest BCUT2D eigenvalue weighted by Gasteiger charge is -2.28. The number of thiophene rings is 2. The molecule has 5 N–H and O–H groups in total. The van der Waals surface area contributed by atoms with Crippen LogP contribution in [0.5, 0.6) is 0 Å². The zero-order valence-electron chi connectivity index (χ0n) is 41.3. The summed E-state index contributed by atoms with van der Waals surface area (Å²) in [6, 6.07) is 40.3. The minimum Gasteiger partial charge on any atom is -0.463 e. The largest absolute Gasteiger partial charge is 0.463 e. The topological polar surface area (TPSA) is 312 Å². The number of aliphatic hydroxyl groups excluding tert-OH is 1. The van der Waals surface area contributed by atoms with Gasteiger partial charge in [-0.2, -0.15) is 31.6 Å². The molecule has 6 heterocycles. The van der Waals surface area contributed by atoms with Crippen LogP contribution in [0, 0.1) is 68.0 Å². The van der Waals surface area contributed by atoms with Crippen molar-refractivity contribution < 1.29 is 33.6 Å². The number of pyridine rings is 2. The highest BCUT2D eigenvalue weighted by atomic mass is 32.2. The van der Waals surface area contributed by atoms with E-state index in [1.165, 1.54) is 46.2 Å². The number of carbonyl (C=O) groups is 2. The highest BCUT2D eigenvalue weighted by molar-refractivity contribution is 7.99. The molecule has 2 atom stereocenters. The number of rotatable bonds is 14. The lowest BCUT2D eigenvalue weighted by molar-refractivity contribution is -0.140. The Morgan fingerprint density at radius 2 is 0.961 bits per heavy atom. The summed E-state index contributed by atoms with van der Waals surface area (Å²) in [6.45, 7) is 5.53. The van der Waals surface area contributed by atoms with Crippen LogP contribution in [-0.2, 0) is 28.5 Å². The summed E-state index contributed by atoms with van der Waals surface area (Å²) < 4.78 is 22.2. The van der Waals surface area contributed by atoms with E-state index in [9.17, 15) is 30.6 Å². The SMILES string of the molecule is CCO.CCOC(=O)C1=C(CSc2nc(-c3cccs3)ccc2C#N)OC(N)=C(C#N)C1c1ccc(C#N)cc1.CCOC(=O)C1=C(CSc2nc(-c3cccs3)ccc2C#N)OC(N)=C(C#N)C1c1ccc(C#N)cc1. The lowest BCUT2D eigenvalue weighted by atomic mass is 9.83. The second-order valence-electron chi connectivity index (χ2n) is 15.6. The maximum atomic E-state index is 13.2. The van der Waals surface area contributed by atoms with Crippen molar-refractivity contribution in [1.29, 1.82) is 31.6 Å². The molecule has 6 aromatic rings. The molecule has 384 valence electrons. The van der Waals surface area contributed by atoms with Crippen molar-refractivity contribution in [3.05, 3.63) is 187 Å². The summed E-state index contributed by atoms with van der Waals surface area (Å²) in [5.74, 6) is -2.59. The minimum atomic E-state index is -0.845. The molecule has 0 bridgehead atoms. The van der Waals surface area contributed by atoms with Crippen LogP contribution in [0.2, 0.25) is 0 Å². The standard InChI is InChI=1S/2C27H19N5O3S2.C2H6O/c2*1-2-34-27(33)24-21(15-37-26-18(13-29)9-10-20(32-26)22-4-3-11-36-22)35-25(31)19(14-30)23(24)17-7-5-16(12-28)6-8-17;1-2-3/h2*3-11,23H,2,15,31H2,1H3;3H,2H2,1H3. The Balaban J connectivity index is 0.000000237. The molecule has 0 saturated heterocycles. The summed E-state index contributed by atoms with van der Waals surface area (Å²) in [5, 5.41) is 69.7. The van der Waals surface area contributed by atoms with Crippen LogP contribution >= 0.6 is 46.2 Å². The number of benzene rings is 2. The van der Waals surface area contributed by atoms with Crippen molar-refractivity contribution >= 4 is 58.1 Å². The number of aliphatic hydroxyl groups is 1. The molecule has 0 radical (unpaired) electrons. The van der Waals surface area contributed by atoms with Gasteiger partial charge in [-0.1, -0.05) is 59.9 Å². The van der Waals surface area contributed by atoms with Crippen molar-refractivity contribution in [2.75, 3.05) is 31.3 Å². The molecule has 17 nitrogen and oxygen atoms in total. The van der Waals surface area contributed by atoms with Gasteiger partial charge in [-0.25, -0.2) is 19.6 Å². The van der Waals surface area contributed by atoms with E-state index in [0.29, 0.717) is 43.4 Å². The second kappa shape index (κ2) is 27.9. The summed E-state index contributed by atoms with van der Waals surface area (Å²) in [7, 11) is 0. The molecule has 8 rings (SSSR count). The van der Waals surface area contributed by atoms with Crippen LogP contribution in [0.25, 0.3) is 21.1 Å². The van der Waals surface area contributed by atoms with Gasteiger partial charge in [0, 0.05) is 6.61 Å². The van der Waals surface area contributed by atoms with E-state index in [-0.39, 0.29) is 76.9 Å². The van der Waals surface area contributed by atoms with Crippen LogP contribution < -0.4 is 11.5 Å². The van der Waals surface area contributed by atoms with Gasteiger partial charge in [0.25, 0.3) is 0 Å². The van der Waals surface area contributed by atoms with Crippen molar-refractivity contribution in [2.24, 2.45) is 11.5 Å². The van der Waals surface area contributed by atoms with Gasteiger partial charge >= 0.3 is 11.9 Å². The second-order valence-corrected chi connectivity index (χ2v) is 19.4. The van der Waals surface area contributed by atoms with Crippen LogP contribution in [0.4, 0.5) is 0 Å². The predicted molar refractivity (Wildman–Crippen MR) is 290 cm³/mol. The average molecular weight is 1100 g/mol. The number of allylic oxidation sites excluding steroid dienone is 2. The maximum absolute atomic E-state index is 13.2. The molecular formula is C56H44N10O7S4. The van der Waals surface area contributed by atoms with Gasteiger partial charge in [-0.15, -0.1) is 22.7 Å². The molecular weight excluding hydrogens is 1050 g/mol. The first kappa shape index (κ1) is 57.1. The smallest absolute Gasteiger partial charge is 0.338 e. The number of nitrogens with zero attached hydrogens (tertiary/aromatic N) is 8. The van der Waals surface area contributed by atoms with E-state index in [2.05, 4.69) is 46.4 Å². The Morgan fingerprint density at radius 3 is 1.26 bits per heavy atom. The number of hydrogen-bond acceptors (Lipinski definition) is 21. The molecule has 2 unspecified atom stereocenters. The first-order valence-electron chi connectivity index (χ1n) is 23.1. The molecule has 4 aromatic heterocycles. The van der Waals surface area contributed by atoms with E-state index in [0.717, 1.165) is 21.1 Å². The first-order valence-corrected chi connectivity index (χ1v) is 26.9. The number of hydrogen-bond donors (Lipinski definition) is 3. The zero-order chi connectivity index (χ0) is 55.4. The molecule has 0 aliphatic carbocycles. The summed E-state index contributed by atoms with van der Waals surface area (Å²) >= 11 is 5.51.